The molecular weight excluding hydrogens is 465 g/mol. The van der Waals surface area contributed by atoms with Gasteiger partial charge in [0.15, 0.2) is 5.96 Å². The Balaban J connectivity index is 0.00000280. The fourth-order valence-electron chi connectivity index (χ4n) is 4.56. The van der Waals surface area contributed by atoms with Crippen LogP contribution in [0, 0.1) is 5.41 Å². The van der Waals surface area contributed by atoms with Crippen LogP contribution < -0.4 is 10.6 Å². The predicted octanol–water partition coefficient (Wildman–Crippen LogP) is 3.44. The maximum atomic E-state index is 12.1. The molecule has 1 aliphatic carbocycles. The number of hydrogen-bond donors (Lipinski definition) is 2. The first kappa shape index (κ1) is 22.9. The van der Waals surface area contributed by atoms with E-state index in [0.29, 0.717) is 24.1 Å². The number of aliphatic imine (C=N–C) groups is 1. The molecule has 2 aliphatic rings. The van der Waals surface area contributed by atoms with E-state index in [4.69, 9.17) is 0 Å². The Bertz CT molecular complexity index is 629. The average Bonchev–Trinajstić information content (AvgIpc) is 2.94. The van der Waals surface area contributed by atoms with Gasteiger partial charge in [-0.2, -0.15) is 0 Å². The Kier molecular flexibility index (Phi) is 9.47. The molecule has 1 saturated carbocycles. The second-order valence-corrected chi connectivity index (χ2v) is 7.91. The fourth-order valence-corrected chi connectivity index (χ4v) is 4.56. The number of pyridine rings is 1. The maximum Gasteiger partial charge on any atom is 0.252 e. The maximum absolute atomic E-state index is 12.1. The van der Waals surface area contributed by atoms with E-state index in [1.165, 1.54) is 51.4 Å². The van der Waals surface area contributed by atoms with Gasteiger partial charge >= 0.3 is 0 Å². The monoisotopic (exact) mass is 499 g/mol. The summed E-state index contributed by atoms with van der Waals surface area (Å²) in [6, 6.07) is 3.54. The average molecular weight is 499 g/mol. The summed E-state index contributed by atoms with van der Waals surface area (Å²) in [5.41, 5.74) is 1.08. The second-order valence-electron chi connectivity index (χ2n) is 7.91. The van der Waals surface area contributed by atoms with Crippen molar-refractivity contribution in [2.24, 2.45) is 10.4 Å². The third-order valence-corrected chi connectivity index (χ3v) is 5.95. The lowest BCUT2D eigenvalue weighted by atomic mass is 9.74. The second kappa shape index (κ2) is 11.6. The van der Waals surface area contributed by atoms with E-state index in [1.54, 1.807) is 24.5 Å². The van der Waals surface area contributed by atoms with E-state index >= 15 is 0 Å². The number of carbonyl (C=O) groups excluding carboxylic acids is 1. The van der Waals surface area contributed by atoms with Crippen LogP contribution in [0.4, 0.5) is 0 Å². The molecule has 7 heteroatoms. The molecule has 1 amide bonds. The number of rotatable bonds is 4. The number of likely N-dealkylation sites (tertiary alicyclic amines) is 1. The Hall–Kier alpha value is -1.38. The number of nitrogens with one attached hydrogen (secondary N) is 2. The van der Waals surface area contributed by atoms with E-state index in [1.807, 2.05) is 7.05 Å². The van der Waals surface area contributed by atoms with Crippen molar-refractivity contribution in [3.05, 3.63) is 30.1 Å². The number of carbonyl (C=O) groups is 1. The fraction of sp³-hybridized carbons (Fsp3) is 0.667. The first-order valence-electron chi connectivity index (χ1n) is 10.4. The molecule has 28 heavy (non-hydrogen) atoms. The van der Waals surface area contributed by atoms with Crippen LogP contribution in [-0.2, 0) is 0 Å². The van der Waals surface area contributed by atoms with Crippen molar-refractivity contribution in [2.45, 2.75) is 51.4 Å². The van der Waals surface area contributed by atoms with Crippen molar-refractivity contribution in [3.8, 4) is 0 Å². The predicted molar refractivity (Wildman–Crippen MR) is 124 cm³/mol. The lowest BCUT2D eigenvalue weighted by Gasteiger charge is -2.44. The van der Waals surface area contributed by atoms with Gasteiger partial charge in [0.2, 0.25) is 0 Å². The number of piperidine rings is 1. The summed E-state index contributed by atoms with van der Waals surface area (Å²) in [6.45, 7) is 3.42. The molecule has 156 valence electrons. The molecule has 0 unspecified atom stereocenters. The molecule has 0 atom stereocenters. The molecular formula is C21H34IN5O. The number of aromatic nitrogens is 1. The summed E-state index contributed by atoms with van der Waals surface area (Å²) < 4.78 is 0. The largest absolute Gasteiger partial charge is 0.354 e. The van der Waals surface area contributed by atoms with Gasteiger partial charge in [-0.15, -0.1) is 24.0 Å². The lowest BCUT2D eigenvalue weighted by molar-refractivity contribution is 0.0953. The number of hydrogen-bond acceptors (Lipinski definition) is 3. The van der Waals surface area contributed by atoms with Gasteiger partial charge in [-0.25, -0.2) is 0 Å². The first-order valence-corrected chi connectivity index (χ1v) is 10.4. The van der Waals surface area contributed by atoms with Crippen molar-refractivity contribution < 1.29 is 4.79 Å². The smallest absolute Gasteiger partial charge is 0.252 e. The van der Waals surface area contributed by atoms with Gasteiger partial charge in [0, 0.05) is 45.6 Å². The summed E-state index contributed by atoms with van der Waals surface area (Å²) in [5.74, 6) is 0.879. The van der Waals surface area contributed by atoms with E-state index in [2.05, 4.69) is 25.5 Å². The summed E-state index contributed by atoms with van der Waals surface area (Å²) in [4.78, 5) is 23.0. The van der Waals surface area contributed by atoms with Gasteiger partial charge in [-0.3, -0.25) is 14.8 Å². The van der Waals surface area contributed by atoms with Crippen LogP contribution in [-0.4, -0.2) is 55.0 Å². The highest BCUT2D eigenvalue weighted by molar-refractivity contribution is 14.0. The van der Waals surface area contributed by atoms with Crippen molar-refractivity contribution in [2.75, 3.05) is 33.2 Å². The van der Waals surface area contributed by atoms with Gasteiger partial charge in [-0.05, 0) is 43.2 Å². The molecule has 2 N–H and O–H groups in total. The van der Waals surface area contributed by atoms with Crippen molar-refractivity contribution in [1.29, 1.82) is 0 Å². The van der Waals surface area contributed by atoms with E-state index in [-0.39, 0.29) is 29.9 Å². The molecule has 1 spiro atoms. The molecule has 0 bridgehead atoms. The van der Waals surface area contributed by atoms with Crippen LogP contribution >= 0.6 is 24.0 Å². The lowest BCUT2D eigenvalue weighted by Crippen LogP contribution is -2.51. The van der Waals surface area contributed by atoms with Crippen LogP contribution in [0.5, 0.6) is 0 Å². The highest BCUT2D eigenvalue weighted by atomic mass is 127. The number of halogens is 1. The minimum absolute atomic E-state index is 0. The zero-order chi connectivity index (χ0) is 19.0. The first-order chi connectivity index (χ1) is 13.2. The zero-order valence-electron chi connectivity index (χ0n) is 17.0. The Morgan fingerprint density at radius 3 is 2.54 bits per heavy atom. The molecule has 1 saturated heterocycles. The molecule has 6 nitrogen and oxygen atoms in total. The van der Waals surface area contributed by atoms with Crippen LogP contribution in [0.2, 0.25) is 0 Å². The topological polar surface area (TPSA) is 69.6 Å². The Morgan fingerprint density at radius 2 is 1.86 bits per heavy atom. The summed E-state index contributed by atoms with van der Waals surface area (Å²) in [5, 5.41) is 6.36. The molecule has 0 radical (unpaired) electrons. The van der Waals surface area contributed by atoms with E-state index in [9.17, 15) is 4.79 Å². The van der Waals surface area contributed by atoms with E-state index < -0.39 is 0 Å². The number of guanidine groups is 1. The highest BCUT2D eigenvalue weighted by Crippen LogP contribution is 2.42. The zero-order valence-corrected chi connectivity index (χ0v) is 19.3. The highest BCUT2D eigenvalue weighted by Gasteiger charge is 2.36. The number of nitrogens with zero attached hydrogens (tertiary/aromatic N) is 3. The summed E-state index contributed by atoms with van der Waals surface area (Å²) in [6.07, 6.45) is 14.1. The molecule has 1 aromatic heterocycles. The molecule has 1 aromatic rings. The summed E-state index contributed by atoms with van der Waals surface area (Å²) >= 11 is 0. The van der Waals surface area contributed by atoms with Gasteiger partial charge in [-0.1, -0.05) is 25.7 Å². The molecule has 2 fully saturated rings. The minimum atomic E-state index is -0.0877. The van der Waals surface area contributed by atoms with Crippen LogP contribution in [0.1, 0.15) is 61.7 Å². The molecule has 2 heterocycles. The Labute approximate surface area is 186 Å². The summed E-state index contributed by atoms with van der Waals surface area (Å²) in [7, 11) is 1.85. The molecule has 0 aromatic carbocycles. The third kappa shape index (κ3) is 6.32. The molecule has 3 rings (SSSR count). The van der Waals surface area contributed by atoms with Crippen molar-refractivity contribution >= 4 is 35.8 Å². The van der Waals surface area contributed by atoms with Gasteiger partial charge in [0.25, 0.3) is 5.91 Å². The Morgan fingerprint density at radius 1 is 1.14 bits per heavy atom. The van der Waals surface area contributed by atoms with Crippen LogP contribution in [0.25, 0.3) is 0 Å². The van der Waals surface area contributed by atoms with Crippen LogP contribution in [0.3, 0.4) is 0 Å². The van der Waals surface area contributed by atoms with Gasteiger partial charge < -0.3 is 15.5 Å². The third-order valence-electron chi connectivity index (χ3n) is 5.95. The SMILES string of the molecule is CN=C(NCCNC(=O)c1cccnc1)N1CCCC2(CCCCCC2)C1.I. The quantitative estimate of drug-likeness (QED) is 0.288. The van der Waals surface area contributed by atoms with Gasteiger partial charge in [0.1, 0.15) is 0 Å². The van der Waals surface area contributed by atoms with Crippen molar-refractivity contribution in [1.82, 2.24) is 20.5 Å². The number of amides is 1. The molecule has 1 aliphatic heterocycles. The normalized spacial score (nSPS) is 19.5. The van der Waals surface area contributed by atoms with Crippen molar-refractivity contribution in [3.63, 3.8) is 0 Å². The van der Waals surface area contributed by atoms with Crippen LogP contribution in [0.15, 0.2) is 29.5 Å². The standard InChI is InChI=1S/C21H33N5O.HI/c1-22-20(25-14-13-24-19(27)18-8-6-12-23-16-18)26-15-7-11-21(17-26)9-4-2-3-5-10-21;/h6,8,12,16H,2-5,7,9-11,13-15,17H2,1H3,(H,22,25)(H,24,27);1H. The van der Waals surface area contributed by atoms with E-state index in [0.717, 1.165) is 19.0 Å². The minimum Gasteiger partial charge on any atom is -0.354 e. The van der Waals surface area contributed by atoms with Gasteiger partial charge in [0.05, 0.1) is 5.56 Å².